The Balaban J connectivity index is 2.18. The maximum Gasteiger partial charge on any atom is 0.342 e. The molecule has 0 spiro atoms. The van der Waals surface area contributed by atoms with Gasteiger partial charge in [0.1, 0.15) is 23.7 Å². The first-order valence-electron chi connectivity index (χ1n) is 5.47. The first kappa shape index (κ1) is 13.8. The van der Waals surface area contributed by atoms with Crippen molar-refractivity contribution in [2.75, 3.05) is 0 Å². The minimum Gasteiger partial charge on any atom is -0.488 e. The Morgan fingerprint density at radius 2 is 1.89 bits per heavy atom. The molecule has 0 aromatic heterocycles. The lowest BCUT2D eigenvalue weighted by Gasteiger charge is -2.09. The summed E-state index contributed by atoms with van der Waals surface area (Å²) in [6.45, 7) is 0.195. The van der Waals surface area contributed by atoms with Crippen LogP contribution < -0.4 is 4.74 Å². The van der Waals surface area contributed by atoms with Crippen LogP contribution in [-0.2, 0) is 6.61 Å². The van der Waals surface area contributed by atoms with E-state index in [9.17, 15) is 9.18 Å². The Labute approximate surface area is 123 Å². The molecule has 0 radical (unpaired) electrons. The summed E-state index contributed by atoms with van der Waals surface area (Å²) in [5, 5.41) is 8.96. The summed E-state index contributed by atoms with van der Waals surface area (Å²) in [6, 6.07) is 11.6. The molecular weight excluding hydrogens is 362 g/mol. The Morgan fingerprint density at radius 3 is 2.53 bits per heavy atom. The molecule has 3 nitrogen and oxygen atoms in total. The van der Waals surface area contributed by atoms with Gasteiger partial charge in [-0.2, -0.15) is 0 Å². The summed E-state index contributed by atoms with van der Waals surface area (Å²) >= 11 is 2.19. The molecule has 0 amide bonds. The maximum atomic E-state index is 13.4. The van der Waals surface area contributed by atoms with Crippen molar-refractivity contribution in [2.45, 2.75) is 6.61 Å². The number of rotatable bonds is 4. The standard InChI is InChI=1S/C14H10FIO3/c15-11-2-1-3-12(13(11)14(17)18)19-8-9-4-6-10(16)7-5-9/h1-7H,8H2,(H,17,18). The molecule has 0 fully saturated rings. The van der Waals surface area contributed by atoms with E-state index in [1.807, 2.05) is 24.3 Å². The molecule has 98 valence electrons. The second-order valence-corrected chi connectivity index (χ2v) is 5.08. The van der Waals surface area contributed by atoms with E-state index in [-0.39, 0.29) is 12.4 Å². The molecule has 2 rings (SSSR count). The van der Waals surface area contributed by atoms with E-state index < -0.39 is 17.3 Å². The van der Waals surface area contributed by atoms with Crippen molar-refractivity contribution in [3.63, 3.8) is 0 Å². The molecule has 5 heteroatoms. The molecule has 0 heterocycles. The lowest BCUT2D eigenvalue weighted by molar-refractivity contribution is 0.0686. The van der Waals surface area contributed by atoms with Gasteiger partial charge >= 0.3 is 5.97 Å². The number of halogens is 2. The van der Waals surface area contributed by atoms with Crippen LogP contribution in [0.4, 0.5) is 4.39 Å². The van der Waals surface area contributed by atoms with Crippen molar-refractivity contribution in [3.8, 4) is 5.75 Å². The first-order valence-corrected chi connectivity index (χ1v) is 6.55. The fraction of sp³-hybridized carbons (Fsp3) is 0.0714. The van der Waals surface area contributed by atoms with Crippen molar-refractivity contribution < 1.29 is 19.0 Å². The lowest BCUT2D eigenvalue weighted by atomic mass is 10.2. The van der Waals surface area contributed by atoms with E-state index in [2.05, 4.69) is 22.6 Å². The number of hydrogen-bond donors (Lipinski definition) is 1. The number of carboxylic acids is 1. The predicted molar refractivity (Wildman–Crippen MR) is 76.9 cm³/mol. The van der Waals surface area contributed by atoms with Crippen LogP contribution in [0.1, 0.15) is 15.9 Å². The summed E-state index contributed by atoms with van der Waals surface area (Å²) in [5.74, 6) is -2.10. The minimum absolute atomic E-state index is 0.0334. The quantitative estimate of drug-likeness (QED) is 0.833. The Kier molecular flexibility index (Phi) is 4.36. The average molecular weight is 372 g/mol. The zero-order chi connectivity index (χ0) is 13.8. The van der Waals surface area contributed by atoms with Gasteiger partial charge < -0.3 is 9.84 Å². The van der Waals surface area contributed by atoms with E-state index in [1.54, 1.807) is 0 Å². The third-order valence-electron chi connectivity index (χ3n) is 2.50. The molecular formula is C14H10FIO3. The van der Waals surface area contributed by atoms with Crippen LogP contribution in [0.5, 0.6) is 5.75 Å². The average Bonchev–Trinajstić information content (AvgIpc) is 2.37. The van der Waals surface area contributed by atoms with Gasteiger partial charge in [0, 0.05) is 3.57 Å². The molecule has 0 aliphatic rings. The highest BCUT2D eigenvalue weighted by Gasteiger charge is 2.16. The minimum atomic E-state index is -1.34. The van der Waals surface area contributed by atoms with Gasteiger partial charge in [-0.25, -0.2) is 9.18 Å². The van der Waals surface area contributed by atoms with Gasteiger partial charge in [-0.1, -0.05) is 18.2 Å². The normalized spacial score (nSPS) is 10.2. The second-order valence-electron chi connectivity index (χ2n) is 3.83. The van der Waals surface area contributed by atoms with E-state index in [0.717, 1.165) is 15.2 Å². The number of benzene rings is 2. The van der Waals surface area contributed by atoms with E-state index >= 15 is 0 Å². The fourth-order valence-electron chi connectivity index (χ4n) is 1.57. The summed E-state index contributed by atoms with van der Waals surface area (Å²) in [5.41, 5.74) is 0.453. The number of hydrogen-bond acceptors (Lipinski definition) is 2. The van der Waals surface area contributed by atoms with E-state index in [1.165, 1.54) is 12.1 Å². The second kappa shape index (κ2) is 6.01. The molecule has 1 N–H and O–H groups in total. The number of carboxylic acid groups (broad SMARTS) is 1. The van der Waals surface area contributed by atoms with Crippen LogP contribution in [0.2, 0.25) is 0 Å². The van der Waals surface area contributed by atoms with Gasteiger partial charge in [0.05, 0.1) is 0 Å². The van der Waals surface area contributed by atoms with E-state index in [4.69, 9.17) is 9.84 Å². The zero-order valence-electron chi connectivity index (χ0n) is 9.77. The lowest BCUT2D eigenvalue weighted by Crippen LogP contribution is -2.06. The summed E-state index contributed by atoms with van der Waals surface area (Å²) in [4.78, 5) is 11.0. The number of carbonyl (C=O) groups is 1. The highest BCUT2D eigenvalue weighted by atomic mass is 127. The van der Waals surface area contributed by atoms with E-state index in [0.29, 0.717) is 0 Å². The van der Waals surface area contributed by atoms with Crippen LogP contribution in [0.15, 0.2) is 42.5 Å². The van der Waals surface area contributed by atoms with Crippen molar-refractivity contribution >= 4 is 28.6 Å². The highest BCUT2D eigenvalue weighted by molar-refractivity contribution is 14.1. The van der Waals surface area contributed by atoms with Crippen LogP contribution >= 0.6 is 22.6 Å². The molecule has 0 aliphatic heterocycles. The van der Waals surface area contributed by atoms with Crippen molar-refractivity contribution in [1.82, 2.24) is 0 Å². The molecule has 19 heavy (non-hydrogen) atoms. The Bertz CT molecular complexity index is 596. The smallest absolute Gasteiger partial charge is 0.342 e. The first-order chi connectivity index (χ1) is 9.08. The third-order valence-corrected chi connectivity index (χ3v) is 3.22. The number of ether oxygens (including phenoxy) is 1. The molecule has 0 saturated carbocycles. The predicted octanol–water partition coefficient (Wildman–Crippen LogP) is 3.71. The molecule has 0 atom stereocenters. The van der Waals surface area contributed by atoms with Gasteiger partial charge in [-0.3, -0.25) is 0 Å². The monoisotopic (exact) mass is 372 g/mol. The van der Waals surface area contributed by atoms with Crippen LogP contribution in [0, 0.1) is 9.39 Å². The van der Waals surface area contributed by atoms with Gasteiger partial charge in [0.2, 0.25) is 0 Å². The third kappa shape index (κ3) is 3.44. The Morgan fingerprint density at radius 1 is 1.21 bits per heavy atom. The number of aromatic carboxylic acids is 1. The molecule has 2 aromatic rings. The summed E-state index contributed by atoms with van der Waals surface area (Å²) in [7, 11) is 0. The van der Waals surface area contributed by atoms with Crippen molar-refractivity contribution in [1.29, 1.82) is 0 Å². The molecule has 2 aromatic carbocycles. The highest BCUT2D eigenvalue weighted by Crippen LogP contribution is 2.22. The Hall–Kier alpha value is -1.63. The maximum absolute atomic E-state index is 13.4. The van der Waals surface area contributed by atoms with Gasteiger partial charge in [-0.05, 0) is 52.4 Å². The molecule has 0 unspecified atom stereocenters. The van der Waals surface area contributed by atoms with Crippen LogP contribution in [0.25, 0.3) is 0 Å². The summed E-state index contributed by atoms with van der Waals surface area (Å²) in [6.07, 6.45) is 0. The largest absolute Gasteiger partial charge is 0.488 e. The zero-order valence-corrected chi connectivity index (χ0v) is 11.9. The van der Waals surface area contributed by atoms with Crippen molar-refractivity contribution in [3.05, 3.63) is 63.0 Å². The summed E-state index contributed by atoms with van der Waals surface area (Å²) < 4.78 is 19.9. The fourth-order valence-corrected chi connectivity index (χ4v) is 1.93. The molecule has 0 bridgehead atoms. The van der Waals surface area contributed by atoms with Gasteiger partial charge in [0.15, 0.2) is 0 Å². The SMILES string of the molecule is O=C(O)c1c(F)cccc1OCc1ccc(I)cc1. The van der Waals surface area contributed by atoms with Gasteiger partial charge in [-0.15, -0.1) is 0 Å². The van der Waals surface area contributed by atoms with Crippen LogP contribution in [-0.4, -0.2) is 11.1 Å². The van der Waals surface area contributed by atoms with Crippen LogP contribution in [0.3, 0.4) is 0 Å². The topological polar surface area (TPSA) is 46.5 Å². The molecule has 0 aliphatic carbocycles. The molecule has 0 saturated heterocycles. The van der Waals surface area contributed by atoms with Gasteiger partial charge in [0.25, 0.3) is 0 Å². The van der Waals surface area contributed by atoms with Crippen molar-refractivity contribution in [2.24, 2.45) is 0 Å².